The average molecular weight is 262 g/mol. The highest BCUT2D eigenvalue weighted by molar-refractivity contribution is 7.91. The van der Waals surface area contributed by atoms with Crippen LogP contribution in [0.15, 0.2) is 17.6 Å². The largest absolute Gasteiger partial charge is 0.315 e. The second-order valence-corrected chi connectivity index (χ2v) is 6.26. The van der Waals surface area contributed by atoms with Gasteiger partial charge in [-0.25, -0.2) is 18.4 Å². The number of aromatic nitrogens is 2. The van der Waals surface area contributed by atoms with Crippen molar-refractivity contribution >= 4 is 21.4 Å². The molecule has 7 heteroatoms. The van der Waals surface area contributed by atoms with Crippen molar-refractivity contribution in [3.8, 4) is 0 Å². The van der Waals surface area contributed by atoms with E-state index in [0.717, 1.165) is 13.0 Å². The predicted molar refractivity (Wildman–Crippen MR) is 60.1 cm³/mol. The molecule has 0 aromatic carbocycles. The Morgan fingerprint density at radius 2 is 2.06 bits per heavy atom. The fourth-order valence-electron chi connectivity index (χ4n) is 1.68. The zero-order chi connectivity index (χ0) is 11.6. The van der Waals surface area contributed by atoms with E-state index in [0.29, 0.717) is 18.0 Å². The summed E-state index contributed by atoms with van der Waals surface area (Å²) in [6, 6.07) is 0. The van der Waals surface area contributed by atoms with Crippen molar-refractivity contribution in [2.75, 3.05) is 13.1 Å². The van der Waals surface area contributed by atoms with Crippen LogP contribution in [-0.2, 0) is 9.84 Å². The third-order valence-corrected chi connectivity index (χ3v) is 4.74. The molecule has 0 bridgehead atoms. The summed E-state index contributed by atoms with van der Waals surface area (Å²) in [5.41, 5.74) is 0. The maximum Gasteiger partial charge on any atom is 0.247 e. The van der Waals surface area contributed by atoms with Gasteiger partial charge in [0.15, 0.2) is 0 Å². The third kappa shape index (κ3) is 2.34. The van der Waals surface area contributed by atoms with Crippen LogP contribution in [0.25, 0.3) is 0 Å². The monoisotopic (exact) mass is 261 g/mol. The predicted octanol–water partition coefficient (Wildman–Crippen LogP) is 0.656. The minimum atomic E-state index is -3.42. The van der Waals surface area contributed by atoms with Gasteiger partial charge in [-0.1, -0.05) is 11.6 Å². The molecule has 1 aliphatic heterocycles. The lowest BCUT2D eigenvalue weighted by Gasteiger charge is -2.21. The van der Waals surface area contributed by atoms with Crippen molar-refractivity contribution in [3.05, 3.63) is 17.4 Å². The summed E-state index contributed by atoms with van der Waals surface area (Å²) in [5.74, 6) is 0. The van der Waals surface area contributed by atoms with Gasteiger partial charge in [0, 0.05) is 6.54 Å². The van der Waals surface area contributed by atoms with Gasteiger partial charge < -0.3 is 5.32 Å². The van der Waals surface area contributed by atoms with Crippen molar-refractivity contribution in [2.24, 2.45) is 0 Å². The number of hydrogen-bond acceptors (Lipinski definition) is 5. The number of nitrogens with one attached hydrogen (secondary N) is 1. The Balaban J connectivity index is 2.27. The van der Waals surface area contributed by atoms with E-state index in [2.05, 4.69) is 15.3 Å². The topological polar surface area (TPSA) is 72.0 Å². The standard InChI is InChI=1S/C9H12ClN3O2S/c10-7-4-12-9(13-5-7)16(14,15)8-2-1-3-11-6-8/h4-5,8,11H,1-3,6H2/t8-/m1/s1. The van der Waals surface area contributed by atoms with E-state index in [-0.39, 0.29) is 5.16 Å². The Kier molecular flexibility index (Phi) is 3.41. The van der Waals surface area contributed by atoms with Crippen LogP contribution in [0.4, 0.5) is 0 Å². The molecule has 88 valence electrons. The van der Waals surface area contributed by atoms with Gasteiger partial charge in [0.25, 0.3) is 0 Å². The molecular weight excluding hydrogens is 250 g/mol. The highest BCUT2D eigenvalue weighted by Gasteiger charge is 2.31. The first-order valence-electron chi connectivity index (χ1n) is 5.03. The van der Waals surface area contributed by atoms with E-state index in [1.54, 1.807) is 0 Å². The lowest BCUT2D eigenvalue weighted by molar-refractivity contribution is 0.493. The average Bonchev–Trinajstić information content (AvgIpc) is 2.31. The van der Waals surface area contributed by atoms with Crippen LogP contribution in [-0.4, -0.2) is 36.7 Å². The summed E-state index contributed by atoms with van der Waals surface area (Å²) in [6.45, 7) is 1.34. The van der Waals surface area contributed by atoms with Crippen LogP contribution in [0.2, 0.25) is 5.02 Å². The van der Waals surface area contributed by atoms with Crippen LogP contribution in [0, 0.1) is 0 Å². The lowest BCUT2D eigenvalue weighted by Crippen LogP contribution is -2.39. The maximum atomic E-state index is 12.1. The van der Waals surface area contributed by atoms with E-state index < -0.39 is 15.1 Å². The van der Waals surface area contributed by atoms with E-state index in [4.69, 9.17) is 11.6 Å². The molecule has 1 aromatic rings. The zero-order valence-electron chi connectivity index (χ0n) is 8.56. The Morgan fingerprint density at radius 1 is 1.38 bits per heavy atom. The SMILES string of the molecule is O=S(=O)(c1ncc(Cl)cn1)[C@@H]1CCCNC1. The van der Waals surface area contributed by atoms with Gasteiger partial charge in [0.05, 0.1) is 22.7 Å². The number of piperidine rings is 1. The first-order valence-corrected chi connectivity index (χ1v) is 6.95. The van der Waals surface area contributed by atoms with E-state index in [1.165, 1.54) is 12.4 Å². The van der Waals surface area contributed by atoms with Crippen LogP contribution < -0.4 is 5.32 Å². The van der Waals surface area contributed by atoms with Crippen molar-refractivity contribution in [1.82, 2.24) is 15.3 Å². The van der Waals surface area contributed by atoms with Crippen LogP contribution in [0.1, 0.15) is 12.8 Å². The maximum absolute atomic E-state index is 12.1. The lowest BCUT2D eigenvalue weighted by atomic mass is 10.2. The second-order valence-electron chi connectivity index (χ2n) is 3.70. The first kappa shape index (κ1) is 11.8. The van der Waals surface area contributed by atoms with Gasteiger partial charge in [-0.3, -0.25) is 0 Å². The molecule has 0 radical (unpaired) electrons. The van der Waals surface area contributed by atoms with Crippen molar-refractivity contribution in [2.45, 2.75) is 23.2 Å². The number of nitrogens with zero attached hydrogens (tertiary/aromatic N) is 2. The zero-order valence-corrected chi connectivity index (χ0v) is 10.1. The van der Waals surface area contributed by atoms with Crippen LogP contribution in [0.3, 0.4) is 0 Å². The normalized spacial score (nSPS) is 21.9. The van der Waals surface area contributed by atoms with Crippen LogP contribution >= 0.6 is 11.6 Å². The smallest absolute Gasteiger partial charge is 0.247 e. The van der Waals surface area contributed by atoms with Gasteiger partial charge in [-0.15, -0.1) is 0 Å². The second kappa shape index (κ2) is 4.65. The van der Waals surface area contributed by atoms with E-state index >= 15 is 0 Å². The van der Waals surface area contributed by atoms with Gasteiger partial charge in [-0.2, -0.15) is 0 Å². The number of hydrogen-bond donors (Lipinski definition) is 1. The molecule has 16 heavy (non-hydrogen) atoms. The molecule has 1 saturated heterocycles. The number of halogens is 1. The number of rotatable bonds is 2. The fraction of sp³-hybridized carbons (Fsp3) is 0.556. The highest BCUT2D eigenvalue weighted by Crippen LogP contribution is 2.18. The van der Waals surface area contributed by atoms with Gasteiger partial charge in [0.1, 0.15) is 0 Å². The van der Waals surface area contributed by atoms with Gasteiger partial charge in [-0.05, 0) is 19.4 Å². The Bertz CT molecular complexity index is 454. The van der Waals surface area contributed by atoms with Crippen molar-refractivity contribution in [3.63, 3.8) is 0 Å². The molecule has 2 heterocycles. The summed E-state index contributed by atoms with van der Waals surface area (Å²) >= 11 is 5.62. The summed E-state index contributed by atoms with van der Waals surface area (Å²) in [7, 11) is -3.42. The van der Waals surface area contributed by atoms with E-state index in [1.807, 2.05) is 0 Å². The Labute approximate surface area is 99.2 Å². The molecule has 0 aliphatic carbocycles. The molecule has 1 aliphatic rings. The minimum Gasteiger partial charge on any atom is -0.315 e. The first-order chi connectivity index (χ1) is 7.60. The molecule has 1 N–H and O–H groups in total. The molecule has 1 fully saturated rings. The Morgan fingerprint density at radius 3 is 2.62 bits per heavy atom. The fourth-order valence-corrected chi connectivity index (χ4v) is 3.29. The molecule has 0 amide bonds. The molecule has 0 saturated carbocycles. The third-order valence-electron chi connectivity index (χ3n) is 2.54. The van der Waals surface area contributed by atoms with Crippen molar-refractivity contribution < 1.29 is 8.42 Å². The summed E-state index contributed by atoms with van der Waals surface area (Å²) < 4.78 is 24.2. The quantitative estimate of drug-likeness (QED) is 0.792. The summed E-state index contributed by atoms with van der Waals surface area (Å²) in [6.07, 6.45) is 4.12. The molecule has 1 aromatic heterocycles. The molecule has 5 nitrogen and oxygen atoms in total. The van der Waals surface area contributed by atoms with Gasteiger partial charge >= 0.3 is 0 Å². The molecule has 0 spiro atoms. The van der Waals surface area contributed by atoms with Crippen LogP contribution in [0.5, 0.6) is 0 Å². The highest BCUT2D eigenvalue weighted by atomic mass is 35.5. The van der Waals surface area contributed by atoms with Crippen molar-refractivity contribution in [1.29, 1.82) is 0 Å². The van der Waals surface area contributed by atoms with Gasteiger partial charge in [0.2, 0.25) is 15.0 Å². The summed E-state index contributed by atoms with van der Waals surface area (Å²) in [5, 5.41) is 2.83. The minimum absolute atomic E-state index is 0.134. The Hall–Kier alpha value is -0.720. The van der Waals surface area contributed by atoms with E-state index in [9.17, 15) is 8.42 Å². The molecule has 0 unspecified atom stereocenters. The number of sulfone groups is 1. The molecule has 2 rings (SSSR count). The molecule has 1 atom stereocenters. The summed E-state index contributed by atoms with van der Waals surface area (Å²) in [4.78, 5) is 7.53. The molecular formula is C9H12ClN3O2S.